The minimum Gasteiger partial charge on any atom is -0.478 e. The number of nitrogens with one attached hydrogen (secondary N) is 1. The Morgan fingerprint density at radius 2 is 2.16 bits per heavy atom. The quantitative estimate of drug-likeness (QED) is 0.749. The van der Waals surface area contributed by atoms with E-state index in [0.717, 1.165) is 0 Å². The molecular weight excluding hydrogens is 294 g/mol. The van der Waals surface area contributed by atoms with E-state index in [1.165, 1.54) is 25.3 Å². The van der Waals surface area contributed by atoms with Crippen LogP contribution in [0, 0.1) is 0 Å². The summed E-state index contributed by atoms with van der Waals surface area (Å²) >= 11 is 5.73. The van der Waals surface area contributed by atoms with Crippen LogP contribution < -0.4 is 4.72 Å². The summed E-state index contributed by atoms with van der Waals surface area (Å²) in [6.45, 7) is 0.308. The van der Waals surface area contributed by atoms with E-state index in [1.54, 1.807) is 0 Å². The highest BCUT2D eigenvalue weighted by molar-refractivity contribution is 7.92. The van der Waals surface area contributed by atoms with Gasteiger partial charge in [-0.15, -0.1) is 0 Å². The molecule has 0 fully saturated rings. The number of rotatable bonds is 7. The lowest BCUT2D eigenvalue weighted by Gasteiger charge is -2.10. The number of hydrogen-bond acceptors (Lipinski definition) is 4. The summed E-state index contributed by atoms with van der Waals surface area (Å²) in [6.07, 6.45) is 0.314. The third kappa shape index (κ3) is 5.06. The van der Waals surface area contributed by atoms with Gasteiger partial charge in [-0.1, -0.05) is 11.6 Å². The minimum absolute atomic E-state index is 0.0441. The maximum Gasteiger partial charge on any atom is 0.337 e. The maximum absolute atomic E-state index is 11.8. The smallest absolute Gasteiger partial charge is 0.337 e. The largest absolute Gasteiger partial charge is 0.478 e. The first-order valence-corrected chi connectivity index (χ1v) is 7.41. The predicted molar refractivity (Wildman–Crippen MR) is 72.3 cm³/mol. The zero-order valence-corrected chi connectivity index (χ0v) is 11.8. The molecule has 0 amide bonds. The van der Waals surface area contributed by atoms with E-state index in [1.807, 2.05) is 0 Å². The number of carboxylic acid groups (broad SMARTS) is 1. The van der Waals surface area contributed by atoms with Gasteiger partial charge in [0.2, 0.25) is 10.0 Å². The number of benzene rings is 1. The maximum atomic E-state index is 11.8. The van der Waals surface area contributed by atoms with E-state index in [2.05, 4.69) is 4.72 Å². The van der Waals surface area contributed by atoms with Gasteiger partial charge in [0.05, 0.1) is 17.0 Å². The molecule has 106 valence electrons. The fourth-order valence-corrected chi connectivity index (χ4v) is 2.68. The topological polar surface area (TPSA) is 92.7 Å². The molecule has 0 saturated carbocycles. The van der Waals surface area contributed by atoms with E-state index in [4.69, 9.17) is 21.4 Å². The molecule has 0 heterocycles. The van der Waals surface area contributed by atoms with E-state index >= 15 is 0 Å². The molecule has 1 aromatic rings. The van der Waals surface area contributed by atoms with Gasteiger partial charge in [0.1, 0.15) is 0 Å². The third-order valence-corrected chi connectivity index (χ3v) is 3.83. The van der Waals surface area contributed by atoms with Crippen LogP contribution in [-0.2, 0) is 14.8 Å². The van der Waals surface area contributed by atoms with Crippen molar-refractivity contribution < 1.29 is 23.1 Å². The fraction of sp³-hybridized carbons (Fsp3) is 0.364. The monoisotopic (exact) mass is 307 g/mol. The Bertz CT molecular complexity index is 558. The summed E-state index contributed by atoms with van der Waals surface area (Å²) < 4.78 is 30.5. The lowest BCUT2D eigenvalue weighted by atomic mass is 10.2. The first kappa shape index (κ1) is 15.7. The Morgan fingerprint density at radius 3 is 2.74 bits per heavy atom. The average Bonchev–Trinajstić information content (AvgIpc) is 2.28. The number of methoxy groups -OCH3 is 1. The van der Waals surface area contributed by atoms with Gasteiger partial charge in [0.25, 0.3) is 0 Å². The van der Waals surface area contributed by atoms with E-state index < -0.39 is 16.0 Å². The molecule has 0 bridgehead atoms. The summed E-state index contributed by atoms with van der Waals surface area (Å²) in [6, 6.07) is 3.89. The van der Waals surface area contributed by atoms with Gasteiger partial charge in [-0.2, -0.15) is 0 Å². The molecule has 0 radical (unpaired) electrons. The van der Waals surface area contributed by atoms with Crippen LogP contribution in [0.1, 0.15) is 16.8 Å². The second-order valence-electron chi connectivity index (χ2n) is 3.76. The molecule has 0 aliphatic heterocycles. The summed E-state index contributed by atoms with van der Waals surface area (Å²) in [7, 11) is -2.16. The van der Waals surface area contributed by atoms with E-state index in [-0.39, 0.29) is 22.0 Å². The van der Waals surface area contributed by atoms with Crippen LogP contribution in [-0.4, -0.2) is 39.0 Å². The number of anilines is 1. The number of aromatic carboxylic acids is 1. The van der Waals surface area contributed by atoms with Crippen LogP contribution in [0.2, 0.25) is 5.02 Å². The van der Waals surface area contributed by atoms with Crippen molar-refractivity contribution >= 4 is 33.3 Å². The van der Waals surface area contributed by atoms with Gasteiger partial charge >= 0.3 is 5.97 Å². The summed E-state index contributed by atoms with van der Waals surface area (Å²) in [4.78, 5) is 11.0. The van der Waals surface area contributed by atoms with Crippen molar-refractivity contribution in [2.45, 2.75) is 6.42 Å². The fourth-order valence-electron chi connectivity index (χ4n) is 1.40. The van der Waals surface area contributed by atoms with Crippen molar-refractivity contribution in [2.24, 2.45) is 0 Å². The van der Waals surface area contributed by atoms with Crippen molar-refractivity contribution in [1.82, 2.24) is 0 Å². The van der Waals surface area contributed by atoms with Crippen molar-refractivity contribution in [1.29, 1.82) is 0 Å². The predicted octanol–water partition coefficient (Wildman–Crippen LogP) is 1.82. The molecule has 8 heteroatoms. The molecule has 6 nitrogen and oxygen atoms in total. The van der Waals surface area contributed by atoms with Gasteiger partial charge in [-0.3, -0.25) is 4.72 Å². The molecule has 1 aromatic carbocycles. The Balaban J connectivity index is 2.92. The van der Waals surface area contributed by atoms with Gasteiger partial charge in [0.15, 0.2) is 0 Å². The molecule has 0 aromatic heterocycles. The number of sulfonamides is 1. The molecule has 19 heavy (non-hydrogen) atoms. The Hall–Kier alpha value is -1.31. The Morgan fingerprint density at radius 1 is 1.47 bits per heavy atom. The molecule has 0 aliphatic carbocycles. The Kier molecular flexibility index (Phi) is 5.59. The number of carbonyl (C=O) groups is 1. The highest BCUT2D eigenvalue weighted by Crippen LogP contribution is 2.22. The second-order valence-corrected chi connectivity index (χ2v) is 6.04. The van der Waals surface area contributed by atoms with Crippen molar-refractivity contribution in [3.63, 3.8) is 0 Å². The van der Waals surface area contributed by atoms with Crippen molar-refractivity contribution in [2.75, 3.05) is 24.2 Å². The van der Waals surface area contributed by atoms with Crippen LogP contribution in [0.25, 0.3) is 0 Å². The molecule has 0 unspecified atom stereocenters. The number of ether oxygens (including phenoxy) is 1. The minimum atomic E-state index is -3.63. The van der Waals surface area contributed by atoms with Gasteiger partial charge in [-0.05, 0) is 24.6 Å². The van der Waals surface area contributed by atoms with Crippen LogP contribution in [0.5, 0.6) is 0 Å². The molecule has 1 rings (SSSR count). The molecule has 2 N–H and O–H groups in total. The highest BCUT2D eigenvalue weighted by Gasteiger charge is 2.16. The molecular formula is C11H14ClNO5S. The summed E-state index contributed by atoms with van der Waals surface area (Å²) in [5.41, 5.74) is -0.197. The number of carboxylic acids is 1. The average molecular weight is 308 g/mol. The van der Waals surface area contributed by atoms with Gasteiger partial charge < -0.3 is 9.84 Å². The van der Waals surface area contributed by atoms with Gasteiger partial charge in [0, 0.05) is 18.7 Å². The SMILES string of the molecule is COCCCS(=O)(=O)Nc1cc(Cl)ccc1C(=O)O. The van der Waals surface area contributed by atoms with E-state index in [9.17, 15) is 13.2 Å². The van der Waals surface area contributed by atoms with E-state index in [0.29, 0.717) is 13.0 Å². The lowest BCUT2D eigenvalue weighted by Crippen LogP contribution is -2.19. The Labute approximate surface area is 116 Å². The number of hydrogen-bond donors (Lipinski definition) is 2. The zero-order valence-electron chi connectivity index (χ0n) is 10.2. The normalized spacial score (nSPS) is 11.3. The zero-order chi connectivity index (χ0) is 14.5. The highest BCUT2D eigenvalue weighted by atomic mass is 35.5. The van der Waals surface area contributed by atoms with Crippen LogP contribution >= 0.6 is 11.6 Å². The second kappa shape index (κ2) is 6.74. The first-order chi connectivity index (χ1) is 8.85. The van der Waals surface area contributed by atoms with Gasteiger partial charge in [-0.25, -0.2) is 13.2 Å². The van der Waals surface area contributed by atoms with Crippen LogP contribution in [0.3, 0.4) is 0 Å². The first-order valence-electron chi connectivity index (χ1n) is 5.38. The molecule has 0 atom stereocenters. The number of halogens is 1. The molecule has 0 spiro atoms. The van der Waals surface area contributed by atoms with Crippen molar-refractivity contribution in [3.05, 3.63) is 28.8 Å². The molecule has 0 saturated heterocycles. The van der Waals surface area contributed by atoms with Crippen LogP contribution in [0.15, 0.2) is 18.2 Å². The van der Waals surface area contributed by atoms with Crippen LogP contribution in [0.4, 0.5) is 5.69 Å². The van der Waals surface area contributed by atoms with Crippen molar-refractivity contribution in [3.8, 4) is 0 Å². The third-order valence-electron chi connectivity index (χ3n) is 2.24. The molecule has 0 aliphatic rings. The summed E-state index contributed by atoms with van der Waals surface area (Å²) in [5, 5.41) is 9.22. The standard InChI is InChI=1S/C11H14ClNO5S/c1-18-5-2-6-19(16,17)13-10-7-8(12)3-4-9(10)11(14)15/h3-4,7,13H,2,5-6H2,1H3,(H,14,15). The lowest BCUT2D eigenvalue weighted by molar-refractivity contribution is 0.0698. The summed E-state index contributed by atoms with van der Waals surface area (Å²) in [5.74, 6) is -1.39.